The van der Waals surface area contributed by atoms with Gasteiger partial charge in [0.1, 0.15) is 5.76 Å². The molecular formula is C9H12O2. The van der Waals surface area contributed by atoms with Crippen LogP contribution in [-0.4, -0.2) is 5.97 Å². The predicted molar refractivity (Wildman–Crippen MR) is 40.5 cm³/mol. The highest BCUT2D eigenvalue weighted by atomic mass is 16.5. The molecule has 11 heavy (non-hydrogen) atoms. The maximum Gasteiger partial charge on any atom is 0.315 e. The van der Waals surface area contributed by atoms with Gasteiger partial charge < -0.3 is 4.74 Å². The molecule has 2 nitrogen and oxygen atoms in total. The minimum Gasteiger partial charge on any atom is -0.431 e. The van der Waals surface area contributed by atoms with E-state index in [9.17, 15) is 4.79 Å². The van der Waals surface area contributed by atoms with Crippen molar-refractivity contribution in [2.24, 2.45) is 23.7 Å². The Morgan fingerprint density at radius 2 is 1.82 bits per heavy atom. The lowest BCUT2D eigenvalue weighted by Gasteiger charge is -2.41. The van der Waals surface area contributed by atoms with E-state index in [0.29, 0.717) is 23.5 Å². The molecule has 0 radical (unpaired) electrons. The highest BCUT2D eigenvalue weighted by Crippen LogP contribution is 2.53. The summed E-state index contributed by atoms with van der Waals surface area (Å²) in [5.74, 6) is 2.11. The van der Waals surface area contributed by atoms with E-state index in [4.69, 9.17) is 4.74 Å². The van der Waals surface area contributed by atoms with Crippen LogP contribution in [0.4, 0.5) is 0 Å². The van der Waals surface area contributed by atoms with Crippen LogP contribution in [0.3, 0.4) is 0 Å². The third kappa shape index (κ3) is 0.647. The Morgan fingerprint density at radius 3 is 2.36 bits per heavy atom. The second-order valence-electron chi connectivity index (χ2n) is 3.66. The zero-order valence-electron chi connectivity index (χ0n) is 6.83. The van der Waals surface area contributed by atoms with E-state index in [1.54, 1.807) is 0 Å². The van der Waals surface area contributed by atoms with Gasteiger partial charge in [-0.3, -0.25) is 4.79 Å². The van der Waals surface area contributed by atoms with E-state index >= 15 is 0 Å². The first-order chi connectivity index (χ1) is 5.13. The molecule has 2 heteroatoms. The fraction of sp³-hybridized carbons (Fsp3) is 0.667. The summed E-state index contributed by atoms with van der Waals surface area (Å²) in [6, 6.07) is 0. The van der Waals surface area contributed by atoms with E-state index < -0.39 is 0 Å². The number of fused-ring (bicyclic) bond motifs is 1. The van der Waals surface area contributed by atoms with Gasteiger partial charge in [-0.15, -0.1) is 0 Å². The molecule has 1 aliphatic heterocycles. The molecule has 4 atom stereocenters. The Hall–Kier alpha value is -0.790. The minimum absolute atomic E-state index is 0.0643. The Bertz CT molecular complexity index is 208. The first-order valence-electron chi connectivity index (χ1n) is 4.03. The fourth-order valence-corrected chi connectivity index (χ4v) is 2.28. The molecule has 0 aromatic carbocycles. The molecule has 2 rings (SSSR count). The summed E-state index contributed by atoms with van der Waals surface area (Å²) in [6.07, 6.45) is 0. The monoisotopic (exact) mass is 152 g/mol. The van der Waals surface area contributed by atoms with Crippen molar-refractivity contribution in [2.45, 2.75) is 13.8 Å². The van der Waals surface area contributed by atoms with Crippen LogP contribution in [0.2, 0.25) is 0 Å². The Labute approximate surface area is 66.2 Å². The molecule has 0 spiro atoms. The molecule has 2 fully saturated rings. The summed E-state index contributed by atoms with van der Waals surface area (Å²) in [5, 5.41) is 0. The highest BCUT2D eigenvalue weighted by Gasteiger charge is 2.56. The smallest absolute Gasteiger partial charge is 0.315 e. The standard InChI is InChI=1S/C9H12O2/c1-4-5(2)8-7(4)6(3)11-9(8)10/h4-5,7-8H,3H2,1-2H3. The van der Waals surface area contributed by atoms with Gasteiger partial charge in [-0.05, 0) is 11.8 Å². The Kier molecular flexibility index (Phi) is 1.17. The van der Waals surface area contributed by atoms with Gasteiger partial charge in [0.2, 0.25) is 0 Å². The van der Waals surface area contributed by atoms with Crippen LogP contribution in [-0.2, 0) is 9.53 Å². The number of carbonyl (C=O) groups is 1. The van der Waals surface area contributed by atoms with Crippen molar-refractivity contribution in [3.8, 4) is 0 Å². The van der Waals surface area contributed by atoms with Crippen LogP contribution in [0.15, 0.2) is 12.3 Å². The summed E-state index contributed by atoms with van der Waals surface area (Å²) < 4.78 is 4.96. The van der Waals surface area contributed by atoms with E-state index in [-0.39, 0.29) is 11.9 Å². The normalized spacial score (nSPS) is 48.2. The van der Waals surface area contributed by atoms with E-state index in [1.807, 2.05) is 0 Å². The number of rotatable bonds is 0. The lowest BCUT2D eigenvalue weighted by Crippen LogP contribution is -2.43. The number of allylic oxidation sites excluding steroid dienone is 1. The van der Waals surface area contributed by atoms with Gasteiger partial charge in [-0.1, -0.05) is 20.4 Å². The molecule has 60 valence electrons. The van der Waals surface area contributed by atoms with Crippen LogP contribution in [0.25, 0.3) is 0 Å². The average molecular weight is 152 g/mol. The quantitative estimate of drug-likeness (QED) is 0.492. The molecule has 0 aromatic heterocycles. The van der Waals surface area contributed by atoms with Crippen molar-refractivity contribution in [2.75, 3.05) is 0 Å². The van der Waals surface area contributed by atoms with Crippen LogP contribution in [0, 0.1) is 23.7 Å². The second-order valence-corrected chi connectivity index (χ2v) is 3.66. The minimum atomic E-state index is -0.0643. The van der Waals surface area contributed by atoms with Gasteiger partial charge in [0.25, 0.3) is 0 Å². The molecule has 0 amide bonds. The topological polar surface area (TPSA) is 26.3 Å². The molecule has 0 bridgehead atoms. The third-order valence-corrected chi connectivity index (χ3v) is 3.22. The Morgan fingerprint density at radius 1 is 1.27 bits per heavy atom. The first-order valence-corrected chi connectivity index (χ1v) is 4.03. The number of esters is 1. The van der Waals surface area contributed by atoms with E-state index in [0.717, 1.165) is 0 Å². The molecule has 0 N–H and O–H groups in total. The summed E-state index contributed by atoms with van der Waals surface area (Å²) in [4.78, 5) is 11.1. The highest BCUT2D eigenvalue weighted by molar-refractivity contribution is 5.79. The van der Waals surface area contributed by atoms with Crippen molar-refractivity contribution >= 4 is 5.97 Å². The van der Waals surface area contributed by atoms with Gasteiger partial charge in [-0.2, -0.15) is 0 Å². The molecule has 2 aliphatic rings. The molecule has 4 unspecified atom stereocenters. The predicted octanol–water partition coefficient (Wildman–Crippen LogP) is 1.58. The van der Waals surface area contributed by atoms with Crippen LogP contribution in [0.1, 0.15) is 13.8 Å². The van der Waals surface area contributed by atoms with Gasteiger partial charge in [0.05, 0.1) is 5.92 Å². The van der Waals surface area contributed by atoms with Crippen LogP contribution < -0.4 is 0 Å². The fourth-order valence-electron chi connectivity index (χ4n) is 2.28. The zero-order valence-corrected chi connectivity index (χ0v) is 6.83. The molecule has 1 aliphatic carbocycles. The SMILES string of the molecule is C=C1OC(=O)C2C(C)C(C)C12. The van der Waals surface area contributed by atoms with E-state index in [2.05, 4.69) is 20.4 Å². The molecular weight excluding hydrogens is 140 g/mol. The van der Waals surface area contributed by atoms with Crippen molar-refractivity contribution < 1.29 is 9.53 Å². The molecule has 0 aromatic rings. The third-order valence-electron chi connectivity index (χ3n) is 3.22. The number of hydrogen-bond donors (Lipinski definition) is 0. The van der Waals surface area contributed by atoms with Gasteiger partial charge in [-0.25, -0.2) is 0 Å². The lowest BCUT2D eigenvalue weighted by molar-refractivity contribution is -0.144. The number of hydrogen-bond acceptors (Lipinski definition) is 2. The lowest BCUT2D eigenvalue weighted by atomic mass is 9.59. The molecule has 1 heterocycles. The molecule has 1 saturated carbocycles. The second kappa shape index (κ2) is 1.87. The number of cyclic esters (lactones) is 1. The number of ether oxygens (including phenoxy) is 1. The average Bonchev–Trinajstić information content (AvgIpc) is 2.21. The molecule has 1 saturated heterocycles. The summed E-state index contributed by atoms with van der Waals surface area (Å²) in [6.45, 7) is 7.98. The Balaban J connectivity index is 2.26. The van der Waals surface area contributed by atoms with Crippen LogP contribution >= 0.6 is 0 Å². The largest absolute Gasteiger partial charge is 0.431 e. The summed E-state index contributed by atoms with van der Waals surface area (Å²) >= 11 is 0. The van der Waals surface area contributed by atoms with Crippen molar-refractivity contribution in [3.63, 3.8) is 0 Å². The van der Waals surface area contributed by atoms with Crippen molar-refractivity contribution in [1.29, 1.82) is 0 Å². The first kappa shape index (κ1) is 6.89. The summed E-state index contributed by atoms with van der Waals surface area (Å²) in [7, 11) is 0. The zero-order chi connectivity index (χ0) is 8.17. The van der Waals surface area contributed by atoms with Gasteiger partial charge in [0.15, 0.2) is 0 Å². The van der Waals surface area contributed by atoms with Gasteiger partial charge in [0, 0.05) is 5.92 Å². The maximum absolute atomic E-state index is 11.1. The number of carbonyl (C=O) groups excluding carboxylic acids is 1. The van der Waals surface area contributed by atoms with Gasteiger partial charge >= 0.3 is 5.97 Å². The van der Waals surface area contributed by atoms with Crippen molar-refractivity contribution in [3.05, 3.63) is 12.3 Å². The maximum atomic E-state index is 11.1. The summed E-state index contributed by atoms with van der Waals surface area (Å²) in [5.41, 5.74) is 0. The van der Waals surface area contributed by atoms with Crippen LogP contribution in [0.5, 0.6) is 0 Å². The van der Waals surface area contributed by atoms with E-state index in [1.165, 1.54) is 0 Å². The van der Waals surface area contributed by atoms with Crippen molar-refractivity contribution in [1.82, 2.24) is 0 Å².